The number of rotatable bonds is 2. The number of hydrogen-bond acceptors (Lipinski definition) is 5. The van der Waals surface area contributed by atoms with Crippen LogP contribution in [0.2, 0.25) is 0 Å². The highest BCUT2D eigenvalue weighted by Gasteiger charge is 2.12. The molecular formula is C10H9N3O3. The molecule has 0 aliphatic rings. The van der Waals surface area contributed by atoms with Gasteiger partial charge in [0, 0.05) is 0 Å². The summed E-state index contributed by atoms with van der Waals surface area (Å²) >= 11 is 0. The molecule has 0 unspecified atom stereocenters. The van der Waals surface area contributed by atoms with Gasteiger partial charge in [0.25, 0.3) is 5.91 Å². The molecule has 0 radical (unpaired) electrons. The topological polar surface area (TPSA) is 88.2 Å². The van der Waals surface area contributed by atoms with E-state index < -0.39 is 5.91 Å². The van der Waals surface area contributed by atoms with Crippen LogP contribution in [-0.2, 0) is 0 Å². The minimum absolute atomic E-state index is 0.00426. The van der Waals surface area contributed by atoms with Crippen molar-refractivity contribution in [2.24, 2.45) is 0 Å². The number of carbonyl (C=O) groups excluding carboxylic acids is 1. The lowest BCUT2D eigenvalue weighted by Gasteiger charge is -2.05. The Kier molecular flexibility index (Phi) is 2.55. The number of aromatic nitrogens is 2. The summed E-state index contributed by atoms with van der Waals surface area (Å²) in [5, 5.41) is 18.7. The van der Waals surface area contributed by atoms with Crippen LogP contribution in [-0.4, -0.2) is 21.3 Å². The minimum atomic E-state index is -0.484. The van der Waals surface area contributed by atoms with Crippen LogP contribution in [0.15, 0.2) is 29.0 Å². The van der Waals surface area contributed by atoms with Crippen molar-refractivity contribution in [2.75, 3.05) is 5.32 Å². The third-order valence-corrected chi connectivity index (χ3v) is 1.99. The average molecular weight is 219 g/mol. The fourth-order valence-corrected chi connectivity index (χ4v) is 1.20. The molecule has 82 valence electrons. The number of aryl methyl sites for hydroxylation is 1. The zero-order chi connectivity index (χ0) is 11.5. The maximum atomic E-state index is 11.6. The van der Waals surface area contributed by atoms with Crippen LogP contribution in [0.1, 0.15) is 16.1 Å². The molecule has 0 fully saturated rings. The second kappa shape index (κ2) is 4.01. The third-order valence-electron chi connectivity index (χ3n) is 1.99. The van der Waals surface area contributed by atoms with Gasteiger partial charge in [-0.15, -0.1) is 0 Å². The van der Waals surface area contributed by atoms with Gasteiger partial charge in [0.1, 0.15) is 11.9 Å². The number of nitrogens with one attached hydrogen (secondary N) is 1. The Balaban J connectivity index is 2.21. The number of benzene rings is 1. The molecule has 1 heterocycles. The average Bonchev–Trinajstić information content (AvgIpc) is 2.76. The molecule has 6 nitrogen and oxygen atoms in total. The van der Waals surface area contributed by atoms with Crippen molar-refractivity contribution in [3.63, 3.8) is 0 Å². The Morgan fingerprint density at radius 2 is 2.31 bits per heavy atom. The third kappa shape index (κ3) is 2.00. The Hall–Kier alpha value is -2.37. The molecule has 0 aliphatic heterocycles. The maximum absolute atomic E-state index is 11.6. The molecule has 2 aromatic rings. The van der Waals surface area contributed by atoms with Crippen molar-refractivity contribution in [1.82, 2.24) is 10.3 Å². The predicted octanol–water partition coefficient (Wildman–Crippen LogP) is 1.34. The highest BCUT2D eigenvalue weighted by atomic mass is 16.6. The van der Waals surface area contributed by atoms with Crippen LogP contribution in [0.3, 0.4) is 0 Å². The SMILES string of the molecule is Cc1ccc(O)c(NC(=O)c2cnon2)c1. The first-order valence-corrected chi connectivity index (χ1v) is 4.55. The second-order valence-corrected chi connectivity index (χ2v) is 3.27. The fourth-order valence-electron chi connectivity index (χ4n) is 1.20. The van der Waals surface area contributed by atoms with E-state index in [0.29, 0.717) is 5.69 Å². The van der Waals surface area contributed by atoms with Gasteiger partial charge in [0.15, 0.2) is 5.69 Å². The molecular weight excluding hydrogens is 210 g/mol. The van der Waals surface area contributed by atoms with Gasteiger partial charge in [-0.3, -0.25) is 4.79 Å². The number of phenolic OH excluding ortho intramolecular Hbond substituents is 1. The van der Waals surface area contributed by atoms with E-state index in [1.807, 2.05) is 6.92 Å². The number of amides is 1. The number of anilines is 1. The fraction of sp³-hybridized carbons (Fsp3) is 0.100. The summed E-state index contributed by atoms with van der Waals surface area (Å²) in [5.41, 5.74) is 1.31. The molecule has 0 saturated heterocycles. The summed E-state index contributed by atoms with van der Waals surface area (Å²) in [7, 11) is 0. The highest BCUT2D eigenvalue weighted by Crippen LogP contribution is 2.24. The van der Waals surface area contributed by atoms with Gasteiger partial charge >= 0.3 is 0 Å². The van der Waals surface area contributed by atoms with Crippen molar-refractivity contribution < 1.29 is 14.5 Å². The molecule has 0 saturated carbocycles. The molecule has 0 spiro atoms. The van der Waals surface area contributed by atoms with E-state index in [9.17, 15) is 9.90 Å². The lowest BCUT2D eigenvalue weighted by atomic mass is 10.2. The lowest BCUT2D eigenvalue weighted by Crippen LogP contribution is -2.12. The van der Waals surface area contributed by atoms with E-state index >= 15 is 0 Å². The Bertz CT molecular complexity index is 508. The number of aromatic hydroxyl groups is 1. The van der Waals surface area contributed by atoms with Crippen molar-refractivity contribution in [1.29, 1.82) is 0 Å². The van der Waals surface area contributed by atoms with E-state index in [1.165, 1.54) is 12.3 Å². The largest absolute Gasteiger partial charge is 0.506 e. The normalized spacial score (nSPS) is 10.1. The first kappa shape index (κ1) is 10.2. The predicted molar refractivity (Wildman–Crippen MR) is 55.1 cm³/mol. The van der Waals surface area contributed by atoms with Gasteiger partial charge in [-0.2, -0.15) is 0 Å². The summed E-state index contributed by atoms with van der Waals surface area (Å²) in [6, 6.07) is 4.90. The first-order chi connectivity index (χ1) is 7.66. The number of phenols is 1. The smallest absolute Gasteiger partial charge is 0.279 e. The Morgan fingerprint density at radius 1 is 1.50 bits per heavy atom. The van der Waals surface area contributed by atoms with Crippen molar-refractivity contribution in [3.05, 3.63) is 35.7 Å². The summed E-state index contributed by atoms with van der Waals surface area (Å²) in [4.78, 5) is 11.6. The summed E-state index contributed by atoms with van der Waals surface area (Å²) in [6.45, 7) is 1.85. The highest BCUT2D eigenvalue weighted by molar-refractivity contribution is 6.03. The number of nitrogens with zero attached hydrogens (tertiary/aromatic N) is 2. The quantitative estimate of drug-likeness (QED) is 0.744. The summed E-state index contributed by atoms with van der Waals surface area (Å²) < 4.78 is 4.30. The number of hydrogen-bond donors (Lipinski definition) is 2. The van der Waals surface area contributed by atoms with E-state index in [2.05, 4.69) is 20.3 Å². The van der Waals surface area contributed by atoms with Gasteiger partial charge < -0.3 is 10.4 Å². The van der Waals surface area contributed by atoms with E-state index in [-0.39, 0.29) is 11.4 Å². The maximum Gasteiger partial charge on any atom is 0.279 e. The van der Waals surface area contributed by atoms with Gasteiger partial charge in [-0.05, 0) is 29.8 Å². The van der Waals surface area contributed by atoms with Crippen LogP contribution in [0.5, 0.6) is 5.75 Å². The van der Waals surface area contributed by atoms with Gasteiger partial charge in [-0.25, -0.2) is 4.63 Å². The molecule has 0 aliphatic carbocycles. The molecule has 1 aromatic heterocycles. The van der Waals surface area contributed by atoms with Gasteiger partial charge in [0.2, 0.25) is 0 Å². The van der Waals surface area contributed by atoms with Gasteiger partial charge in [-0.1, -0.05) is 11.2 Å². The van der Waals surface area contributed by atoms with Crippen LogP contribution < -0.4 is 5.32 Å². The van der Waals surface area contributed by atoms with Crippen LogP contribution in [0, 0.1) is 6.92 Å². The minimum Gasteiger partial charge on any atom is -0.506 e. The summed E-state index contributed by atoms with van der Waals surface area (Å²) in [5.74, 6) is -0.488. The number of carbonyl (C=O) groups is 1. The van der Waals surface area contributed by atoms with Crippen molar-refractivity contribution in [3.8, 4) is 5.75 Å². The Morgan fingerprint density at radius 3 is 3.00 bits per heavy atom. The van der Waals surface area contributed by atoms with Crippen LogP contribution in [0.25, 0.3) is 0 Å². The zero-order valence-electron chi connectivity index (χ0n) is 8.47. The van der Waals surface area contributed by atoms with E-state index in [4.69, 9.17) is 0 Å². The molecule has 2 rings (SSSR count). The molecule has 6 heteroatoms. The Labute approximate surface area is 90.9 Å². The molecule has 2 N–H and O–H groups in total. The monoisotopic (exact) mass is 219 g/mol. The van der Waals surface area contributed by atoms with E-state index in [1.54, 1.807) is 12.1 Å². The van der Waals surface area contributed by atoms with E-state index in [0.717, 1.165) is 5.56 Å². The first-order valence-electron chi connectivity index (χ1n) is 4.55. The molecule has 0 bridgehead atoms. The van der Waals surface area contributed by atoms with Crippen molar-refractivity contribution in [2.45, 2.75) is 6.92 Å². The standard InChI is InChI=1S/C10H9N3O3/c1-6-2-3-9(14)7(4-6)12-10(15)8-5-11-16-13-8/h2-5,14H,1H3,(H,12,15). The van der Waals surface area contributed by atoms with Crippen molar-refractivity contribution >= 4 is 11.6 Å². The lowest BCUT2D eigenvalue weighted by molar-refractivity contribution is 0.101. The van der Waals surface area contributed by atoms with Gasteiger partial charge in [0.05, 0.1) is 5.69 Å². The zero-order valence-corrected chi connectivity index (χ0v) is 8.47. The molecule has 1 amide bonds. The molecule has 0 atom stereocenters. The summed E-state index contributed by atoms with van der Waals surface area (Å²) in [6.07, 6.45) is 1.20. The van der Waals surface area contributed by atoms with Crippen LogP contribution >= 0.6 is 0 Å². The second-order valence-electron chi connectivity index (χ2n) is 3.27. The molecule has 16 heavy (non-hydrogen) atoms. The molecule has 1 aromatic carbocycles. The van der Waals surface area contributed by atoms with Crippen LogP contribution in [0.4, 0.5) is 5.69 Å².